The molecule has 39 heavy (non-hydrogen) atoms. The lowest BCUT2D eigenvalue weighted by Gasteiger charge is -2.34. The normalized spacial score (nSPS) is 12.4. The van der Waals surface area contributed by atoms with E-state index in [4.69, 9.17) is 32.7 Å². The minimum atomic E-state index is -0.560. The minimum Gasteiger partial charge on any atom is -0.491 e. The van der Waals surface area contributed by atoms with Gasteiger partial charge in [0, 0.05) is 41.3 Å². The van der Waals surface area contributed by atoms with E-state index in [1.807, 2.05) is 38.4 Å². The number of Topliss-reactive ketones (excluding diaryl/α,β-unsaturated/α-hetero) is 1. The van der Waals surface area contributed by atoms with Gasteiger partial charge in [-0.05, 0) is 46.0 Å². The highest BCUT2D eigenvalue weighted by Crippen LogP contribution is 2.33. The predicted molar refractivity (Wildman–Crippen MR) is 156 cm³/mol. The van der Waals surface area contributed by atoms with Crippen molar-refractivity contribution in [3.8, 4) is 16.3 Å². The van der Waals surface area contributed by atoms with Gasteiger partial charge in [0.1, 0.15) is 23.1 Å². The van der Waals surface area contributed by atoms with Gasteiger partial charge in [-0.2, -0.15) is 0 Å². The van der Waals surface area contributed by atoms with Gasteiger partial charge < -0.3 is 30.8 Å². The fourth-order valence-electron chi connectivity index (χ4n) is 3.46. The van der Waals surface area contributed by atoms with Crippen LogP contribution in [0.3, 0.4) is 0 Å². The number of carbonyl (C=O) groups excluding carboxylic acids is 2. The molecule has 216 valence electrons. The van der Waals surface area contributed by atoms with Gasteiger partial charge >= 0.3 is 0 Å². The number of benzene rings is 1. The quantitative estimate of drug-likeness (QED) is 0.174. The lowest BCUT2D eigenvalue weighted by atomic mass is 9.94. The topological polar surface area (TPSA) is 145 Å². The Morgan fingerprint density at radius 1 is 1.21 bits per heavy atom. The van der Waals surface area contributed by atoms with Crippen molar-refractivity contribution in [1.29, 1.82) is 0 Å². The summed E-state index contributed by atoms with van der Waals surface area (Å²) < 4.78 is 12.2. The molecule has 0 unspecified atom stereocenters. The van der Waals surface area contributed by atoms with E-state index in [-0.39, 0.29) is 30.1 Å². The summed E-state index contributed by atoms with van der Waals surface area (Å²) in [4.78, 5) is 27.5. The summed E-state index contributed by atoms with van der Waals surface area (Å²) in [6.45, 7) is 11.4. The molecular formula is C27H41ClN6O4S. The van der Waals surface area contributed by atoms with Crippen LogP contribution in [-0.4, -0.2) is 67.2 Å². The van der Waals surface area contributed by atoms with E-state index in [0.717, 1.165) is 5.56 Å². The highest BCUT2D eigenvalue weighted by molar-refractivity contribution is 7.13. The van der Waals surface area contributed by atoms with Gasteiger partial charge in [-0.1, -0.05) is 25.4 Å². The third-order valence-electron chi connectivity index (χ3n) is 5.36. The van der Waals surface area contributed by atoms with E-state index in [1.165, 1.54) is 18.3 Å². The number of ketones is 1. The lowest BCUT2D eigenvalue weighted by molar-refractivity contribution is -0.124. The van der Waals surface area contributed by atoms with Gasteiger partial charge in [0.15, 0.2) is 0 Å². The fourth-order valence-corrected chi connectivity index (χ4v) is 4.63. The number of nitrogens with zero attached hydrogens (tertiary/aromatic N) is 2. The fraction of sp³-hybridized carbons (Fsp3) is 0.519. The molecule has 1 amide bonds. The Balaban J connectivity index is 1.91. The van der Waals surface area contributed by atoms with Crippen molar-refractivity contribution in [1.82, 2.24) is 20.6 Å². The van der Waals surface area contributed by atoms with E-state index in [2.05, 4.69) is 29.5 Å². The van der Waals surface area contributed by atoms with Crippen LogP contribution < -0.4 is 26.9 Å². The van der Waals surface area contributed by atoms with Crippen molar-refractivity contribution in [2.75, 3.05) is 39.9 Å². The molecule has 2 rings (SSSR count). The smallest absolute Gasteiger partial charge is 0.226 e. The average Bonchev–Trinajstić information content (AvgIpc) is 3.28. The van der Waals surface area contributed by atoms with E-state index in [1.54, 1.807) is 17.3 Å². The summed E-state index contributed by atoms with van der Waals surface area (Å²) in [6, 6.07) is 5.41. The van der Waals surface area contributed by atoms with Crippen molar-refractivity contribution in [2.24, 2.45) is 17.0 Å². The second-order valence-corrected chi connectivity index (χ2v) is 12.1. The Morgan fingerprint density at radius 2 is 1.92 bits per heavy atom. The third-order valence-corrected chi connectivity index (χ3v) is 6.60. The molecule has 0 aliphatic heterocycles. The number of hydrazine groups is 1. The van der Waals surface area contributed by atoms with Crippen LogP contribution >= 0.6 is 22.9 Å². The highest BCUT2D eigenvalue weighted by atomic mass is 35.5. The van der Waals surface area contributed by atoms with Crippen LogP contribution in [0.4, 0.5) is 0 Å². The van der Waals surface area contributed by atoms with Crippen LogP contribution in [0.2, 0.25) is 5.02 Å². The molecule has 12 heteroatoms. The van der Waals surface area contributed by atoms with Crippen molar-refractivity contribution >= 4 is 34.6 Å². The summed E-state index contributed by atoms with van der Waals surface area (Å²) >= 11 is 7.94. The lowest BCUT2D eigenvalue weighted by Crippen LogP contribution is -2.42. The maximum absolute atomic E-state index is 12.0. The van der Waals surface area contributed by atoms with Gasteiger partial charge in [0.05, 0.1) is 35.9 Å². The average molecular weight is 581 g/mol. The summed E-state index contributed by atoms with van der Waals surface area (Å²) in [5.41, 5.74) is 7.15. The van der Waals surface area contributed by atoms with E-state index in [0.29, 0.717) is 53.5 Å². The molecule has 1 aromatic heterocycles. The summed E-state index contributed by atoms with van der Waals surface area (Å²) in [6.07, 6.45) is 1.82. The van der Waals surface area contributed by atoms with E-state index in [9.17, 15) is 9.59 Å². The Morgan fingerprint density at radius 3 is 2.56 bits per heavy atom. The van der Waals surface area contributed by atoms with Crippen LogP contribution in [0.5, 0.6) is 5.75 Å². The van der Waals surface area contributed by atoms with Gasteiger partial charge in [0.2, 0.25) is 5.91 Å². The zero-order chi connectivity index (χ0) is 29.2. The van der Waals surface area contributed by atoms with Crippen LogP contribution in [0.15, 0.2) is 35.5 Å². The minimum absolute atomic E-state index is 0.0133. The molecule has 0 radical (unpaired) electrons. The molecule has 6 N–H and O–H groups in total. The molecule has 0 spiro atoms. The Hall–Kier alpha value is -2.70. The maximum atomic E-state index is 12.0. The summed E-state index contributed by atoms with van der Waals surface area (Å²) in [5, 5.41) is 10.1. The molecule has 0 aliphatic carbocycles. The number of nitrogens with two attached hydrogens (primary N) is 2. The predicted octanol–water partition coefficient (Wildman–Crippen LogP) is 3.11. The van der Waals surface area contributed by atoms with Crippen molar-refractivity contribution in [3.63, 3.8) is 0 Å². The molecule has 10 nitrogen and oxygen atoms in total. The molecule has 0 aliphatic rings. The number of hydrogen-bond donors (Lipinski definition) is 4. The van der Waals surface area contributed by atoms with Crippen LogP contribution in [0, 0.1) is 5.41 Å². The van der Waals surface area contributed by atoms with Crippen molar-refractivity contribution in [2.45, 2.75) is 46.6 Å². The third kappa shape index (κ3) is 11.9. The SMILES string of the molecule is CNC/C(N)=C/N(N)CC(C)(C)COC(C)(C)COc1ccc(-c2nc(CC(=O)NCC(C)=O)cs2)c(Cl)c1. The van der Waals surface area contributed by atoms with E-state index >= 15 is 0 Å². The van der Waals surface area contributed by atoms with E-state index < -0.39 is 5.60 Å². The first-order valence-corrected chi connectivity index (χ1v) is 13.8. The van der Waals surface area contributed by atoms with Crippen LogP contribution in [-0.2, 0) is 20.7 Å². The Kier molecular flexibility index (Phi) is 12.2. The maximum Gasteiger partial charge on any atom is 0.226 e. The number of ether oxygens (including phenoxy) is 2. The zero-order valence-electron chi connectivity index (χ0n) is 23.6. The monoisotopic (exact) mass is 580 g/mol. The number of likely N-dealkylation sites (N-methyl/N-ethyl adjacent to an activating group) is 1. The first-order chi connectivity index (χ1) is 18.2. The molecule has 1 heterocycles. The van der Waals surface area contributed by atoms with Gasteiger partial charge in [-0.15, -0.1) is 11.3 Å². The van der Waals surface area contributed by atoms with Gasteiger partial charge in [0.25, 0.3) is 0 Å². The largest absolute Gasteiger partial charge is 0.491 e. The number of thiazole rings is 1. The molecular weight excluding hydrogens is 540 g/mol. The van der Waals surface area contributed by atoms with Crippen molar-refractivity contribution < 1.29 is 19.1 Å². The van der Waals surface area contributed by atoms with Crippen LogP contribution in [0.25, 0.3) is 10.6 Å². The molecule has 0 bridgehead atoms. The molecule has 1 aromatic carbocycles. The summed E-state index contributed by atoms with van der Waals surface area (Å²) in [5.74, 6) is 6.35. The number of rotatable bonds is 16. The second-order valence-electron chi connectivity index (χ2n) is 10.8. The van der Waals surface area contributed by atoms with Gasteiger partial charge in [-0.3, -0.25) is 9.59 Å². The number of nitrogens with one attached hydrogen (secondary N) is 2. The first-order valence-electron chi connectivity index (χ1n) is 12.6. The molecule has 0 atom stereocenters. The zero-order valence-corrected chi connectivity index (χ0v) is 25.2. The first kappa shape index (κ1) is 32.5. The second kappa shape index (κ2) is 14.6. The molecule has 0 fully saturated rings. The van der Waals surface area contributed by atoms with Gasteiger partial charge in [-0.25, -0.2) is 10.8 Å². The number of carbonyl (C=O) groups is 2. The number of aromatic nitrogens is 1. The molecule has 0 saturated carbocycles. The molecule has 2 aromatic rings. The van der Waals surface area contributed by atoms with Crippen molar-refractivity contribution in [3.05, 3.63) is 46.2 Å². The standard InChI is InChI=1S/C27H41ClN6O4S/c1-18(35)11-32-24(36)9-20-14-39-25(33-20)22-8-7-21(10-23(22)28)37-17-27(4,5)38-16-26(2,3)15-34(30)13-19(29)12-31-6/h7-8,10,13-14,31H,9,11-12,15-17,29-30H2,1-6H3,(H,32,36)/b19-13-. The number of halogens is 1. The molecule has 0 saturated heterocycles. The summed E-state index contributed by atoms with van der Waals surface area (Å²) in [7, 11) is 1.83. The Bertz CT molecular complexity index is 1150. The highest BCUT2D eigenvalue weighted by Gasteiger charge is 2.27. The number of amides is 1. The number of hydrogen-bond acceptors (Lipinski definition) is 10. The Labute approximate surface area is 240 Å². The van der Waals surface area contributed by atoms with Crippen LogP contribution in [0.1, 0.15) is 40.3 Å².